The van der Waals surface area contributed by atoms with Crippen LogP contribution < -0.4 is 0 Å². The zero-order chi connectivity index (χ0) is 19.0. The van der Waals surface area contributed by atoms with Gasteiger partial charge < -0.3 is 4.74 Å². The molecule has 1 spiro atoms. The molecule has 0 bridgehead atoms. The van der Waals surface area contributed by atoms with Crippen LogP contribution in [0.2, 0.25) is 0 Å². The predicted octanol–water partition coefficient (Wildman–Crippen LogP) is 4.34. The van der Waals surface area contributed by atoms with Crippen LogP contribution in [0.15, 0.2) is 11.6 Å². The first kappa shape index (κ1) is 17.5. The number of hydrogen-bond donors (Lipinski definition) is 0. The number of nitrogens with zero attached hydrogens (tertiary/aromatic N) is 1. The molecule has 0 radical (unpaired) electrons. The van der Waals surface area contributed by atoms with Gasteiger partial charge in [-0.2, -0.15) is 5.26 Å². The van der Waals surface area contributed by atoms with E-state index in [1.54, 1.807) is 0 Å². The highest BCUT2D eigenvalue weighted by atomic mass is 16.6. The Kier molecular flexibility index (Phi) is 3.53. The molecule has 144 valence electrons. The topological polar surface area (TPSA) is 67.2 Å². The van der Waals surface area contributed by atoms with Crippen molar-refractivity contribution in [2.75, 3.05) is 0 Å². The Hall–Kier alpha value is -1.63. The number of nitriles is 1. The van der Waals surface area contributed by atoms with E-state index >= 15 is 0 Å². The van der Waals surface area contributed by atoms with Crippen LogP contribution in [0.5, 0.6) is 0 Å². The third-order valence-electron chi connectivity index (χ3n) is 9.51. The molecule has 1 aliphatic heterocycles. The third kappa shape index (κ3) is 2.09. The van der Waals surface area contributed by atoms with E-state index in [4.69, 9.17) is 4.74 Å². The first-order valence-electron chi connectivity index (χ1n) is 10.7. The Bertz CT molecular complexity index is 794. The van der Waals surface area contributed by atoms with Crippen molar-refractivity contribution in [2.45, 2.75) is 77.2 Å². The van der Waals surface area contributed by atoms with Crippen LogP contribution in [0.3, 0.4) is 0 Å². The normalized spacial score (nSPS) is 51.1. The summed E-state index contributed by atoms with van der Waals surface area (Å²) in [6.45, 7) is 4.69. The molecule has 5 aliphatic rings. The molecule has 7 atom stereocenters. The van der Waals surface area contributed by atoms with Crippen LogP contribution in [-0.2, 0) is 14.3 Å². The number of carbonyl (C=O) groups is 2. The average molecular weight is 367 g/mol. The molecule has 4 heteroatoms. The zero-order valence-corrected chi connectivity index (χ0v) is 16.4. The van der Waals surface area contributed by atoms with E-state index in [1.165, 1.54) is 5.57 Å². The van der Waals surface area contributed by atoms with Gasteiger partial charge in [0.15, 0.2) is 5.78 Å². The minimum Gasteiger partial charge on any atom is -0.458 e. The first-order chi connectivity index (χ1) is 12.8. The van der Waals surface area contributed by atoms with Crippen LogP contribution >= 0.6 is 0 Å². The highest BCUT2D eigenvalue weighted by Gasteiger charge is 2.68. The number of hydrogen-bond acceptors (Lipinski definition) is 4. The molecule has 1 heterocycles. The minimum absolute atomic E-state index is 0.00249. The van der Waals surface area contributed by atoms with E-state index in [0.29, 0.717) is 30.6 Å². The second-order valence-corrected chi connectivity index (χ2v) is 10.2. The van der Waals surface area contributed by atoms with Gasteiger partial charge in [0.1, 0.15) is 5.60 Å². The van der Waals surface area contributed by atoms with Crippen LogP contribution in [0.4, 0.5) is 0 Å². The fraction of sp³-hybridized carbons (Fsp3) is 0.783. The largest absolute Gasteiger partial charge is 0.458 e. The molecule has 1 saturated heterocycles. The number of esters is 1. The van der Waals surface area contributed by atoms with E-state index in [9.17, 15) is 14.9 Å². The SMILES string of the molecule is C[C@]12CCC(=O)C=C1C[C@@H](C#N)[C@@H]1[C@@H]2CC[C@@]2(C)[C@H]1CC[C@@]21CCC(=O)O1. The lowest BCUT2D eigenvalue weighted by Gasteiger charge is -2.60. The number of ether oxygens (including phenoxy) is 1. The van der Waals surface area contributed by atoms with Gasteiger partial charge in [-0.1, -0.05) is 19.4 Å². The monoisotopic (exact) mass is 367 g/mol. The number of ketones is 1. The summed E-state index contributed by atoms with van der Waals surface area (Å²) in [7, 11) is 0. The Morgan fingerprint density at radius 1 is 1.07 bits per heavy atom. The highest BCUT2D eigenvalue weighted by molar-refractivity contribution is 5.91. The predicted molar refractivity (Wildman–Crippen MR) is 99.3 cm³/mol. The molecule has 4 fully saturated rings. The molecule has 3 saturated carbocycles. The van der Waals surface area contributed by atoms with Gasteiger partial charge in [0, 0.05) is 18.3 Å². The summed E-state index contributed by atoms with van der Waals surface area (Å²) < 4.78 is 6.00. The molecular weight excluding hydrogens is 338 g/mol. The molecule has 0 amide bonds. The summed E-state index contributed by atoms with van der Waals surface area (Å²) >= 11 is 0. The Balaban J connectivity index is 1.56. The molecule has 27 heavy (non-hydrogen) atoms. The summed E-state index contributed by atoms with van der Waals surface area (Å²) in [5.41, 5.74) is 1.00. The van der Waals surface area contributed by atoms with Crippen molar-refractivity contribution >= 4 is 11.8 Å². The lowest BCUT2D eigenvalue weighted by molar-refractivity contribution is -0.169. The van der Waals surface area contributed by atoms with Crippen LogP contribution in [0.25, 0.3) is 0 Å². The van der Waals surface area contributed by atoms with Crippen molar-refractivity contribution in [1.29, 1.82) is 5.26 Å². The fourth-order valence-electron chi connectivity index (χ4n) is 7.99. The maximum atomic E-state index is 12.0. The van der Waals surface area contributed by atoms with E-state index < -0.39 is 0 Å². The molecule has 4 nitrogen and oxygen atoms in total. The fourth-order valence-corrected chi connectivity index (χ4v) is 7.99. The lowest BCUT2D eigenvalue weighted by Crippen LogP contribution is -2.56. The Morgan fingerprint density at radius 3 is 2.56 bits per heavy atom. The van der Waals surface area contributed by atoms with Crippen molar-refractivity contribution in [3.63, 3.8) is 0 Å². The molecule has 0 aromatic heterocycles. The summed E-state index contributed by atoms with van der Waals surface area (Å²) in [6, 6.07) is 2.63. The second-order valence-electron chi connectivity index (χ2n) is 10.2. The van der Waals surface area contributed by atoms with Gasteiger partial charge in [-0.3, -0.25) is 9.59 Å². The molecule has 0 aromatic rings. The van der Waals surface area contributed by atoms with Gasteiger partial charge in [0.25, 0.3) is 0 Å². The van der Waals surface area contributed by atoms with Crippen molar-refractivity contribution in [2.24, 2.45) is 34.5 Å². The lowest BCUT2D eigenvalue weighted by atomic mass is 9.44. The maximum absolute atomic E-state index is 12.0. The number of carbonyl (C=O) groups excluding carboxylic acids is 2. The maximum Gasteiger partial charge on any atom is 0.306 e. The molecule has 4 aliphatic carbocycles. The Morgan fingerprint density at radius 2 is 1.85 bits per heavy atom. The summed E-state index contributed by atoms with van der Waals surface area (Å²) in [6.07, 6.45) is 9.76. The summed E-state index contributed by atoms with van der Waals surface area (Å²) in [5, 5.41) is 10.0. The number of allylic oxidation sites excluding steroid dienone is 1. The molecule has 5 rings (SSSR count). The highest BCUT2D eigenvalue weighted by Crippen LogP contribution is 2.70. The van der Waals surface area contributed by atoms with Crippen molar-refractivity contribution in [1.82, 2.24) is 0 Å². The van der Waals surface area contributed by atoms with E-state index in [1.807, 2.05) is 6.08 Å². The number of rotatable bonds is 0. The van der Waals surface area contributed by atoms with Gasteiger partial charge in [-0.05, 0) is 74.2 Å². The van der Waals surface area contributed by atoms with Gasteiger partial charge in [-0.25, -0.2) is 0 Å². The zero-order valence-electron chi connectivity index (χ0n) is 16.4. The summed E-state index contributed by atoms with van der Waals surface area (Å²) in [5.74, 6) is 1.46. The van der Waals surface area contributed by atoms with Crippen molar-refractivity contribution in [3.8, 4) is 6.07 Å². The van der Waals surface area contributed by atoms with Crippen LogP contribution in [-0.4, -0.2) is 17.4 Å². The van der Waals surface area contributed by atoms with E-state index in [0.717, 1.165) is 44.9 Å². The molecule has 0 aromatic carbocycles. The van der Waals surface area contributed by atoms with Crippen molar-refractivity contribution < 1.29 is 14.3 Å². The molecule has 0 unspecified atom stereocenters. The Labute approximate surface area is 161 Å². The third-order valence-corrected chi connectivity index (χ3v) is 9.51. The standard InChI is InChI=1S/C23H29NO3/c1-21-7-3-16(25)12-15(21)11-14(13-24)20-17(21)4-8-22(2)18(20)5-9-23(22)10-6-19(26)27-23/h12,14,17-18,20H,3-11H2,1-2H3/t14-,17-,18-,20+,21-,22-,23+/m0/s1. The first-order valence-corrected chi connectivity index (χ1v) is 10.7. The van der Waals surface area contributed by atoms with Gasteiger partial charge in [0.2, 0.25) is 0 Å². The van der Waals surface area contributed by atoms with Gasteiger partial charge >= 0.3 is 5.97 Å². The average Bonchev–Trinajstić information content (AvgIpc) is 3.16. The smallest absolute Gasteiger partial charge is 0.306 e. The van der Waals surface area contributed by atoms with E-state index in [-0.39, 0.29) is 34.1 Å². The van der Waals surface area contributed by atoms with E-state index in [2.05, 4.69) is 19.9 Å². The quantitative estimate of drug-likeness (QED) is 0.597. The van der Waals surface area contributed by atoms with Crippen molar-refractivity contribution in [3.05, 3.63) is 11.6 Å². The summed E-state index contributed by atoms with van der Waals surface area (Å²) in [4.78, 5) is 24.0. The van der Waals surface area contributed by atoms with Crippen LogP contribution in [0.1, 0.15) is 71.6 Å². The van der Waals surface area contributed by atoms with Gasteiger partial charge in [-0.15, -0.1) is 0 Å². The molecule has 0 N–H and O–H groups in total. The second kappa shape index (κ2) is 5.46. The molecular formula is C23H29NO3. The minimum atomic E-state index is -0.292. The van der Waals surface area contributed by atoms with Crippen LogP contribution in [0, 0.1) is 45.8 Å². The number of fused-ring (bicyclic) bond motifs is 6. The van der Waals surface area contributed by atoms with Gasteiger partial charge in [0.05, 0.1) is 12.0 Å².